The minimum atomic E-state index is 0.0969. The molecule has 0 fully saturated rings. The predicted molar refractivity (Wildman–Crippen MR) is 122 cm³/mol. The second-order valence-electron chi connectivity index (χ2n) is 7.57. The van der Waals surface area contributed by atoms with Crippen LogP contribution in [0.15, 0.2) is 78.9 Å². The van der Waals surface area contributed by atoms with Crippen LogP contribution in [0.2, 0.25) is 0 Å². The highest BCUT2D eigenvalue weighted by atomic mass is 16.2. The standard InChI is InChI=1S/C26H23N3O/c30-26(28-18-8-12-21-11-4-6-14-23(21)28)19-29-24-15-7-5-13-22(24)27-25(29)17-16-20-9-2-1-3-10-20/h1-7,9-11,13-17H,8,12,18-19H2/b17-16+. The maximum absolute atomic E-state index is 13.4. The molecule has 1 aliphatic heterocycles. The number of amides is 1. The molecular weight excluding hydrogens is 370 g/mol. The van der Waals surface area contributed by atoms with Gasteiger partial charge < -0.3 is 9.47 Å². The third kappa shape index (κ3) is 3.52. The predicted octanol–water partition coefficient (Wildman–Crippen LogP) is 5.19. The number of anilines is 1. The minimum Gasteiger partial charge on any atom is -0.315 e. The zero-order valence-electron chi connectivity index (χ0n) is 16.7. The number of carbonyl (C=O) groups is 1. The van der Waals surface area contributed by atoms with E-state index in [2.05, 4.69) is 24.3 Å². The number of hydrogen-bond acceptors (Lipinski definition) is 2. The average molecular weight is 393 g/mol. The first-order valence-corrected chi connectivity index (χ1v) is 10.4. The third-order valence-electron chi connectivity index (χ3n) is 5.61. The Morgan fingerprint density at radius 3 is 2.57 bits per heavy atom. The first kappa shape index (κ1) is 18.4. The van der Waals surface area contributed by atoms with Crippen LogP contribution in [-0.2, 0) is 17.8 Å². The van der Waals surface area contributed by atoms with Crippen molar-refractivity contribution in [3.05, 3.63) is 95.8 Å². The highest BCUT2D eigenvalue weighted by Gasteiger charge is 2.23. The first-order valence-electron chi connectivity index (χ1n) is 10.4. The Hall–Kier alpha value is -3.66. The Labute approximate surface area is 176 Å². The number of benzene rings is 3. The summed E-state index contributed by atoms with van der Waals surface area (Å²) in [4.78, 5) is 20.1. The van der Waals surface area contributed by atoms with Gasteiger partial charge in [-0.3, -0.25) is 4.79 Å². The highest BCUT2D eigenvalue weighted by molar-refractivity contribution is 5.95. The van der Waals surface area contributed by atoms with Crippen LogP contribution in [-0.4, -0.2) is 22.0 Å². The minimum absolute atomic E-state index is 0.0969. The van der Waals surface area contributed by atoms with E-state index >= 15 is 0 Å². The lowest BCUT2D eigenvalue weighted by Gasteiger charge is -2.29. The Morgan fingerprint density at radius 1 is 0.900 bits per heavy atom. The zero-order chi connectivity index (χ0) is 20.3. The monoisotopic (exact) mass is 393 g/mol. The second-order valence-corrected chi connectivity index (χ2v) is 7.57. The molecule has 3 aromatic carbocycles. The fourth-order valence-corrected chi connectivity index (χ4v) is 4.14. The lowest BCUT2D eigenvalue weighted by molar-refractivity contribution is -0.119. The van der Waals surface area contributed by atoms with Crippen LogP contribution in [0.1, 0.15) is 23.4 Å². The van der Waals surface area contributed by atoms with Crippen LogP contribution >= 0.6 is 0 Å². The van der Waals surface area contributed by atoms with Gasteiger partial charge in [-0.25, -0.2) is 4.98 Å². The smallest absolute Gasteiger partial charge is 0.247 e. The maximum Gasteiger partial charge on any atom is 0.247 e. The largest absolute Gasteiger partial charge is 0.315 e. The summed E-state index contributed by atoms with van der Waals surface area (Å²) in [6.45, 7) is 1.03. The quantitative estimate of drug-likeness (QED) is 0.479. The summed E-state index contributed by atoms with van der Waals surface area (Å²) in [7, 11) is 0. The van der Waals surface area contributed by atoms with Crippen molar-refractivity contribution in [2.24, 2.45) is 0 Å². The molecular formula is C26H23N3O. The van der Waals surface area contributed by atoms with Crippen LogP contribution in [0.5, 0.6) is 0 Å². The van der Waals surface area contributed by atoms with Gasteiger partial charge in [-0.1, -0.05) is 66.7 Å². The topological polar surface area (TPSA) is 38.1 Å². The fourth-order valence-electron chi connectivity index (χ4n) is 4.14. The fraction of sp³-hybridized carbons (Fsp3) is 0.154. The molecule has 148 valence electrons. The van der Waals surface area contributed by atoms with Crippen molar-refractivity contribution in [1.82, 2.24) is 9.55 Å². The van der Waals surface area contributed by atoms with Gasteiger partial charge in [0.25, 0.3) is 0 Å². The summed E-state index contributed by atoms with van der Waals surface area (Å²) in [6, 6.07) is 26.4. The van der Waals surface area contributed by atoms with Crippen LogP contribution in [0.25, 0.3) is 23.2 Å². The highest BCUT2D eigenvalue weighted by Crippen LogP contribution is 2.27. The van der Waals surface area contributed by atoms with Gasteiger partial charge in [0.1, 0.15) is 12.4 Å². The molecule has 4 heteroatoms. The Balaban J connectivity index is 1.50. The van der Waals surface area contributed by atoms with E-state index < -0.39 is 0 Å². The van der Waals surface area contributed by atoms with E-state index in [-0.39, 0.29) is 12.5 Å². The summed E-state index contributed by atoms with van der Waals surface area (Å²) in [5.41, 5.74) is 5.27. The molecule has 0 radical (unpaired) electrons. The van der Waals surface area contributed by atoms with Crippen molar-refractivity contribution in [3.8, 4) is 0 Å². The summed E-state index contributed by atoms with van der Waals surface area (Å²) in [6.07, 6.45) is 6.05. The number of aromatic nitrogens is 2. The van der Waals surface area contributed by atoms with E-state index in [1.807, 2.05) is 76.2 Å². The van der Waals surface area contributed by atoms with Crippen molar-refractivity contribution in [3.63, 3.8) is 0 Å². The Bertz CT molecular complexity index is 1220. The van der Waals surface area contributed by atoms with E-state index in [0.29, 0.717) is 0 Å². The Morgan fingerprint density at radius 2 is 1.67 bits per heavy atom. The van der Waals surface area contributed by atoms with Crippen LogP contribution < -0.4 is 4.90 Å². The van der Waals surface area contributed by atoms with Crippen molar-refractivity contribution in [2.45, 2.75) is 19.4 Å². The molecule has 4 nitrogen and oxygen atoms in total. The SMILES string of the molecule is O=C(Cn1c(/C=C/c2ccccc2)nc2ccccc21)N1CCCc2ccccc21. The molecule has 0 unspecified atom stereocenters. The third-order valence-corrected chi connectivity index (χ3v) is 5.61. The lowest BCUT2D eigenvalue weighted by Crippen LogP contribution is -2.37. The van der Waals surface area contributed by atoms with Gasteiger partial charge in [-0.15, -0.1) is 0 Å². The number of para-hydroxylation sites is 3. The van der Waals surface area contributed by atoms with Gasteiger partial charge in [-0.05, 0) is 48.2 Å². The van der Waals surface area contributed by atoms with Crippen molar-refractivity contribution < 1.29 is 4.79 Å². The van der Waals surface area contributed by atoms with Crippen LogP contribution in [0.3, 0.4) is 0 Å². The van der Waals surface area contributed by atoms with E-state index in [1.54, 1.807) is 0 Å². The molecule has 0 atom stereocenters. The number of fused-ring (bicyclic) bond motifs is 2. The number of imidazole rings is 1. The molecule has 0 saturated carbocycles. The average Bonchev–Trinajstić information content (AvgIpc) is 3.15. The summed E-state index contributed by atoms with van der Waals surface area (Å²) in [5, 5.41) is 0. The van der Waals surface area contributed by atoms with Gasteiger partial charge in [-0.2, -0.15) is 0 Å². The number of rotatable bonds is 4. The lowest BCUT2D eigenvalue weighted by atomic mass is 10.0. The van der Waals surface area contributed by atoms with Gasteiger partial charge in [0, 0.05) is 12.2 Å². The summed E-state index contributed by atoms with van der Waals surface area (Å²) < 4.78 is 2.02. The molecule has 0 N–H and O–H groups in total. The second kappa shape index (κ2) is 7.99. The van der Waals surface area contributed by atoms with Gasteiger partial charge >= 0.3 is 0 Å². The van der Waals surface area contributed by atoms with Gasteiger partial charge in [0.05, 0.1) is 11.0 Å². The molecule has 0 bridgehead atoms. The molecule has 0 saturated heterocycles. The van der Waals surface area contributed by atoms with Gasteiger partial charge in [0.2, 0.25) is 5.91 Å². The number of nitrogens with zero attached hydrogens (tertiary/aromatic N) is 3. The Kier molecular flexibility index (Phi) is 4.89. The molecule has 1 amide bonds. The van der Waals surface area contributed by atoms with Crippen molar-refractivity contribution in [1.29, 1.82) is 0 Å². The summed E-state index contributed by atoms with van der Waals surface area (Å²) >= 11 is 0. The van der Waals surface area contributed by atoms with E-state index in [4.69, 9.17) is 4.98 Å². The molecule has 0 spiro atoms. The maximum atomic E-state index is 13.4. The van der Waals surface area contributed by atoms with Crippen LogP contribution in [0, 0.1) is 0 Å². The molecule has 2 heterocycles. The molecule has 4 aromatic rings. The van der Waals surface area contributed by atoms with E-state index in [1.165, 1.54) is 5.56 Å². The van der Waals surface area contributed by atoms with Crippen molar-refractivity contribution >= 4 is 34.8 Å². The van der Waals surface area contributed by atoms with E-state index in [9.17, 15) is 4.79 Å². The number of aryl methyl sites for hydroxylation is 1. The number of hydrogen-bond donors (Lipinski definition) is 0. The zero-order valence-corrected chi connectivity index (χ0v) is 16.7. The molecule has 5 rings (SSSR count). The molecule has 1 aliphatic rings. The molecule has 1 aromatic heterocycles. The summed E-state index contributed by atoms with van der Waals surface area (Å²) in [5.74, 6) is 0.887. The molecule has 30 heavy (non-hydrogen) atoms. The normalized spacial score (nSPS) is 13.7. The molecule has 0 aliphatic carbocycles. The van der Waals surface area contributed by atoms with Crippen molar-refractivity contribution in [2.75, 3.05) is 11.4 Å². The first-order chi connectivity index (χ1) is 14.8. The van der Waals surface area contributed by atoms with Gasteiger partial charge in [0.15, 0.2) is 0 Å². The van der Waals surface area contributed by atoms with Crippen LogP contribution in [0.4, 0.5) is 5.69 Å². The van der Waals surface area contributed by atoms with E-state index in [0.717, 1.165) is 47.5 Å². The number of carbonyl (C=O) groups excluding carboxylic acids is 1.